The minimum Gasteiger partial charge on any atom is -0.482 e. The standard InChI is InChI=1S/C33H36ClNO5/c1-18-7-8-19(2)22(11-18)35-28(38)17-39-25-10-9-20(12-21(25)34)29-30-23(36)13-32(3,4)15-26(30)40-27-16-33(5,6)14-24(37)31(27)29/h7-12,29H,13-17H2,1-6H3,(H,35,38). The molecule has 0 aromatic heterocycles. The Morgan fingerprint density at radius 2 is 1.52 bits per heavy atom. The lowest BCUT2D eigenvalue weighted by Crippen LogP contribution is -2.37. The molecule has 1 N–H and O–H groups in total. The molecule has 0 unspecified atom stereocenters. The SMILES string of the molecule is Cc1ccc(C)c(NC(=O)COc2ccc(C3C4=C(CC(C)(C)CC4=O)OC4=C3C(=O)CC(C)(C)C4)cc2Cl)c1. The Morgan fingerprint density at radius 1 is 0.925 bits per heavy atom. The molecule has 0 spiro atoms. The van der Waals surface area contributed by atoms with Crippen molar-refractivity contribution in [3.05, 3.63) is 80.8 Å². The van der Waals surface area contributed by atoms with Crippen LogP contribution in [-0.2, 0) is 19.1 Å². The second-order valence-corrected chi connectivity index (χ2v) is 13.3. The van der Waals surface area contributed by atoms with Gasteiger partial charge >= 0.3 is 0 Å². The Labute approximate surface area is 240 Å². The van der Waals surface area contributed by atoms with E-state index in [9.17, 15) is 14.4 Å². The van der Waals surface area contributed by atoms with Crippen molar-refractivity contribution in [2.45, 2.75) is 73.1 Å². The van der Waals surface area contributed by atoms with Crippen molar-refractivity contribution in [3.8, 4) is 5.75 Å². The fraction of sp³-hybridized carbons (Fsp3) is 0.424. The van der Waals surface area contributed by atoms with E-state index in [1.807, 2.05) is 38.1 Å². The summed E-state index contributed by atoms with van der Waals surface area (Å²) in [5.74, 6) is 0.841. The molecular weight excluding hydrogens is 526 g/mol. The van der Waals surface area contributed by atoms with Crippen LogP contribution in [0.15, 0.2) is 59.1 Å². The van der Waals surface area contributed by atoms with Gasteiger partial charge in [0.2, 0.25) is 0 Å². The summed E-state index contributed by atoms with van der Waals surface area (Å²) in [6, 6.07) is 11.1. The summed E-state index contributed by atoms with van der Waals surface area (Å²) in [5, 5.41) is 3.19. The third-order valence-corrected chi connectivity index (χ3v) is 8.19. The minimum atomic E-state index is -0.537. The zero-order valence-corrected chi connectivity index (χ0v) is 24.8. The van der Waals surface area contributed by atoms with E-state index in [-0.39, 0.29) is 34.9 Å². The van der Waals surface area contributed by atoms with Gasteiger partial charge in [-0.3, -0.25) is 14.4 Å². The number of halogens is 1. The highest BCUT2D eigenvalue weighted by Crippen LogP contribution is 2.53. The van der Waals surface area contributed by atoms with Crippen LogP contribution in [0.1, 0.15) is 76.0 Å². The molecule has 5 rings (SSSR count). The number of rotatable bonds is 5. The van der Waals surface area contributed by atoms with E-state index in [4.69, 9.17) is 21.1 Å². The normalized spacial score (nSPS) is 20.1. The molecule has 2 aliphatic carbocycles. The van der Waals surface area contributed by atoms with Gasteiger partial charge in [-0.25, -0.2) is 0 Å². The predicted octanol–water partition coefficient (Wildman–Crippen LogP) is 7.37. The van der Waals surface area contributed by atoms with Crippen molar-refractivity contribution in [2.24, 2.45) is 10.8 Å². The van der Waals surface area contributed by atoms with Gasteiger partial charge < -0.3 is 14.8 Å². The van der Waals surface area contributed by atoms with Crippen molar-refractivity contribution >= 4 is 34.8 Å². The molecule has 2 aromatic rings. The lowest BCUT2D eigenvalue weighted by atomic mass is 9.65. The number of aryl methyl sites for hydroxylation is 2. The third kappa shape index (κ3) is 5.60. The van der Waals surface area contributed by atoms with Gasteiger partial charge in [-0.1, -0.05) is 57.5 Å². The van der Waals surface area contributed by atoms with Gasteiger partial charge in [0.05, 0.1) is 5.02 Å². The molecule has 1 amide bonds. The molecule has 1 aliphatic heterocycles. The molecule has 0 fully saturated rings. The van der Waals surface area contributed by atoms with Gasteiger partial charge in [0.15, 0.2) is 18.2 Å². The van der Waals surface area contributed by atoms with Gasteiger partial charge in [-0.05, 0) is 59.6 Å². The van der Waals surface area contributed by atoms with Crippen LogP contribution in [0, 0.1) is 24.7 Å². The first-order valence-electron chi connectivity index (χ1n) is 13.7. The number of allylic oxidation sites excluding steroid dienone is 4. The van der Waals surface area contributed by atoms with Gasteiger partial charge in [0.1, 0.15) is 17.3 Å². The van der Waals surface area contributed by atoms with Crippen LogP contribution in [0.2, 0.25) is 5.02 Å². The maximum atomic E-state index is 13.5. The van der Waals surface area contributed by atoms with Gasteiger partial charge in [0.25, 0.3) is 5.91 Å². The highest BCUT2D eigenvalue weighted by atomic mass is 35.5. The number of Topliss-reactive ketones (excluding diaryl/α,β-unsaturated/α-hetero) is 2. The summed E-state index contributed by atoms with van der Waals surface area (Å²) >= 11 is 6.66. The number of hydrogen-bond acceptors (Lipinski definition) is 5. The summed E-state index contributed by atoms with van der Waals surface area (Å²) in [6.45, 7) is 11.9. The molecule has 0 saturated carbocycles. The largest absolute Gasteiger partial charge is 0.482 e. The fourth-order valence-corrected chi connectivity index (χ4v) is 6.27. The number of anilines is 1. The van der Waals surface area contributed by atoms with E-state index in [1.54, 1.807) is 12.1 Å². The van der Waals surface area contributed by atoms with Crippen molar-refractivity contribution in [1.82, 2.24) is 0 Å². The highest BCUT2D eigenvalue weighted by Gasteiger charge is 2.47. The summed E-state index contributed by atoms with van der Waals surface area (Å²) in [6.07, 6.45) is 2.03. The van der Waals surface area contributed by atoms with Crippen LogP contribution in [-0.4, -0.2) is 24.1 Å². The average molecular weight is 562 g/mol. The summed E-state index contributed by atoms with van der Waals surface area (Å²) in [5.41, 5.74) is 4.16. The molecule has 3 aliphatic rings. The van der Waals surface area contributed by atoms with Crippen molar-refractivity contribution in [1.29, 1.82) is 0 Å². The molecule has 7 heteroatoms. The molecule has 2 aromatic carbocycles. The first-order valence-corrected chi connectivity index (χ1v) is 14.1. The fourth-order valence-electron chi connectivity index (χ4n) is 6.02. The van der Waals surface area contributed by atoms with Gasteiger partial charge in [-0.2, -0.15) is 0 Å². The van der Waals surface area contributed by atoms with Gasteiger partial charge in [-0.15, -0.1) is 0 Å². The Morgan fingerprint density at radius 3 is 2.10 bits per heavy atom. The second kappa shape index (κ2) is 10.2. The number of ether oxygens (including phenoxy) is 2. The number of carbonyl (C=O) groups excluding carboxylic acids is 3. The van der Waals surface area contributed by atoms with E-state index < -0.39 is 5.92 Å². The molecule has 210 valence electrons. The summed E-state index contributed by atoms with van der Waals surface area (Å²) < 4.78 is 12.1. The maximum Gasteiger partial charge on any atom is 0.262 e. The summed E-state index contributed by atoms with van der Waals surface area (Å²) in [7, 11) is 0. The number of amides is 1. The van der Waals surface area contributed by atoms with E-state index in [2.05, 4.69) is 33.0 Å². The zero-order valence-electron chi connectivity index (χ0n) is 24.0. The number of carbonyl (C=O) groups is 3. The molecule has 40 heavy (non-hydrogen) atoms. The van der Waals surface area contributed by atoms with E-state index in [0.717, 1.165) is 22.4 Å². The maximum absolute atomic E-state index is 13.5. The Hall–Kier alpha value is -3.38. The molecule has 0 radical (unpaired) electrons. The van der Waals surface area contributed by atoms with Crippen LogP contribution in [0.25, 0.3) is 0 Å². The summed E-state index contributed by atoms with van der Waals surface area (Å²) in [4.78, 5) is 39.6. The van der Waals surface area contributed by atoms with E-state index in [0.29, 0.717) is 59.1 Å². The average Bonchev–Trinajstić information content (AvgIpc) is 2.82. The number of ketones is 2. The van der Waals surface area contributed by atoms with Crippen LogP contribution < -0.4 is 10.1 Å². The quantitative estimate of drug-likeness (QED) is 0.412. The highest BCUT2D eigenvalue weighted by molar-refractivity contribution is 6.32. The molecule has 0 bridgehead atoms. The molecule has 6 nitrogen and oxygen atoms in total. The van der Waals surface area contributed by atoms with Crippen LogP contribution in [0.4, 0.5) is 5.69 Å². The lowest BCUT2D eigenvalue weighted by molar-refractivity contribution is -0.120. The molecule has 0 saturated heterocycles. The first-order chi connectivity index (χ1) is 18.7. The topological polar surface area (TPSA) is 81.7 Å². The minimum absolute atomic E-state index is 0.00000382. The lowest BCUT2D eigenvalue weighted by Gasteiger charge is -2.42. The Balaban J connectivity index is 1.43. The first kappa shape index (κ1) is 28.2. The Bertz CT molecular complexity index is 1440. The van der Waals surface area contributed by atoms with Crippen molar-refractivity contribution in [3.63, 3.8) is 0 Å². The molecular formula is C33H36ClNO5. The van der Waals surface area contributed by atoms with Crippen molar-refractivity contribution in [2.75, 3.05) is 11.9 Å². The van der Waals surface area contributed by atoms with E-state index >= 15 is 0 Å². The zero-order chi connectivity index (χ0) is 29.0. The monoisotopic (exact) mass is 561 g/mol. The smallest absolute Gasteiger partial charge is 0.262 e. The Kier molecular flexibility index (Phi) is 7.20. The predicted molar refractivity (Wildman–Crippen MR) is 155 cm³/mol. The van der Waals surface area contributed by atoms with Crippen LogP contribution in [0.3, 0.4) is 0 Å². The van der Waals surface area contributed by atoms with Crippen LogP contribution >= 0.6 is 11.6 Å². The van der Waals surface area contributed by atoms with E-state index in [1.165, 1.54) is 0 Å². The van der Waals surface area contributed by atoms with Gasteiger partial charge in [0, 0.05) is 48.4 Å². The third-order valence-electron chi connectivity index (χ3n) is 7.90. The molecule has 1 heterocycles. The number of benzene rings is 2. The van der Waals surface area contributed by atoms with Crippen LogP contribution in [0.5, 0.6) is 5.75 Å². The molecule has 0 atom stereocenters. The second-order valence-electron chi connectivity index (χ2n) is 12.9. The number of nitrogens with one attached hydrogen (secondary N) is 1. The number of hydrogen-bond donors (Lipinski definition) is 1. The van der Waals surface area contributed by atoms with Crippen molar-refractivity contribution < 1.29 is 23.9 Å².